The summed E-state index contributed by atoms with van der Waals surface area (Å²) in [6.07, 6.45) is 0.644. The molecule has 1 aliphatic heterocycles. The van der Waals surface area contributed by atoms with E-state index in [0.717, 1.165) is 5.56 Å². The van der Waals surface area contributed by atoms with Gasteiger partial charge in [0.05, 0.1) is 16.4 Å². The van der Waals surface area contributed by atoms with Gasteiger partial charge in [0.25, 0.3) is 5.91 Å². The third-order valence-corrected chi connectivity index (χ3v) is 6.17. The third-order valence-electron chi connectivity index (χ3n) is 6.17. The van der Waals surface area contributed by atoms with Crippen LogP contribution in [0, 0.1) is 5.41 Å². The lowest BCUT2D eigenvalue weighted by atomic mass is 9.71. The lowest BCUT2D eigenvalue weighted by Crippen LogP contribution is -2.60. The van der Waals surface area contributed by atoms with E-state index in [4.69, 9.17) is 5.21 Å². The van der Waals surface area contributed by atoms with Crippen LogP contribution in [0.25, 0.3) is 0 Å². The van der Waals surface area contributed by atoms with E-state index < -0.39 is 22.3 Å². The number of nitrogens with zero attached hydrogens (tertiary/aromatic N) is 1. The number of Topliss-reactive ketones (excluding diaryl/α,β-unsaturated/α-hetero) is 1. The molecule has 1 aliphatic rings. The second kappa shape index (κ2) is 6.83. The van der Waals surface area contributed by atoms with E-state index in [9.17, 15) is 14.4 Å². The normalized spacial score (nSPS) is 21.0. The van der Waals surface area contributed by atoms with Crippen LogP contribution in [0.15, 0.2) is 30.3 Å². The maximum Gasteiger partial charge on any atom is 0.251 e. The zero-order valence-corrected chi connectivity index (χ0v) is 16.1. The van der Waals surface area contributed by atoms with Crippen molar-refractivity contribution in [1.29, 1.82) is 0 Å². The number of rotatable bonds is 6. The number of ketones is 1. The van der Waals surface area contributed by atoms with Crippen molar-refractivity contribution in [2.24, 2.45) is 5.41 Å². The van der Waals surface area contributed by atoms with E-state index in [1.54, 1.807) is 24.2 Å². The quantitative estimate of drug-likeness (QED) is 0.603. The topological polar surface area (TPSA) is 86.7 Å². The highest BCUT2D eigenvalue weighted by molar-refractivity contribution is 5.96. The molecule has 1 aromatic carbocycles. The number of benzene rings is 1. The molecule has 0 aliphatic carbocycles. The van der Waals surface area contributed by atoms with Gasteiger partial charge in [0.1, 0.15) is 5.78 Å². The second-order valence-corrected chi connectivity index (χ2v) is 8.16. The molecule has 2 N–H and O–H groups in total. The Balaban J connectivity index is 2.49. The number of nitrogens with one attached hydrogen (secondary N) is 1. The summed E-state index contributed by atoms with van der Waals surface area (Å²) in [6.45, 7) is 8.95. The van der Waals surface area contributed by atoms with Crippen molar-refractivity contribution >= 4 is 17.6 Å². The maximum atomic E-state index is 13.5. The number of hydrogen-bond acceptors (Lipinski definition) is 4. The van der Waals surface area contributed by atoms with E-state index in [2.05, 4.69) is 0 Å². The number of carbonyl (C=O) groups excluding carboxylic acids is 3. The SMILES string of the molecule is CC(=O)CC1(c2ccccc2)CCN(C(C)(C)C(C)(C)C(=O)NO)C1=O. The highest BCUT2D eigenvalue weighted by Gasteiger charge is 2.57. The predicted octanol–water partition coefficient (Wildman–Crippen LogP) is 2.45. The Hall–Kier alpha value is -2.21. The molecule has 2 amide bonds. The molecule has 142 valence electrons. The van der Waals surface area contributed by atoms with Crippen LogP contribution in [-0.2, 0) is 19.8 Å². The Kier molecular flexibility index (Phi) is 5.29. The van der Waals surface area contributed by atoms with E-state index in [-0.39, 0.29) is 18.1 Å². The summed E-state index contributed by atoms with van der Waals surface area (Å²) in [5.41, 5.74) is -0.266. The molecular formula is C20H28N2O4. The summed E-state index contributed by atoms with van der Waals surface area (Å²) in [5, 5.41) is 9.09. The van der Waals surface area contributed by atoms with Gasteiger partial charge in [-0.15, -0.1) is 0 Å². The summed E-state index contributed by atoms with van der Waals surface area (Å²) < 4.78 is 0. The molecule has 1 fully saturated rings. The molecule has 0 spiro atoms. The fourth-order valence-electron chi connectivity index (χ4n) is 3.77. The van der Waals surface area contributed by atoms with Gasteiger partial charge in [0.15, 0.2) is 0 Å². The first-order valence-corrected chi connectivity index (χ1v) is 8.82. The van der Waals surface area contributed by atoms with Crippen LogP contribution in [0.4, 0.5) is 0 Å². The lowest BCUT2D eigenvalue weighted by molar-refractivity contribution is -0.153. The van der Waals surface area contributed by atoms with Crippen molar-refractivity contribution in [3.63, 3.8) is 0 Å². The average Bonchev–Trinajstić information content (AvgIpc) is 2.92. The van der Waals surface area contributed by atoms with Gasteiger partial charge in [-0.25, -0.2) is 5.48 Å². The highest BCUT2D eigenvalue weighted by Crippen LogP contribution is 2.46. The molecular weight excluding hydrogens is 332 g/mol. The minimum Gasteiger partial charge on any atom is -0.336 e. The predicted molar refractivity (Wildman–Crippen MR) is 97.5 cm³/mol. The second-order valence-electron chi connectivity index (χ2n) is 8.16. The summed E-state index contributed by atoms with van der Waals surface area (Å²) in [4.78, 5) is 39.4. The van der Waals surface area contributed by atoms with Crippen LogP contribution < -0.4 is 5.48 Å². The Bertz CT molecular complexity index is 712. The minimum absolute atomic E-state index is 0.0470. The zero-order valence-electron chi connectivity index (χ0n) is 16.1. The van der Waals surface area contributed by atoms with Crippen LogP contribution in [-0.4, -0.2) is 39.8 Å². The van der Waals surface area contributed by atoms with Gasteiger partial charge in [-0.1, -0.05) is 30.3 Å². The Morgan fingerprint density at radius 1 is 1.19 bits per heavy atom. The number of amides is 2. The van der Waals surface area contributed by atoms with Gasteiger partial charge >= 0.3 is 0 Å². The van der Waals surface area contributed by atoms with Crippen LogP contribution >= 0.6 is 0 Å². The molecule has 1 heterocycles. The summed E-state index contributed by atoms with van der Waals surface area (Å²) >= 11 is 0. The van der Waals surface area contributed by atoms with E-state index in [1.807, 2.05) is 44.2 Å². The van der Waals surface area contributed by atoms with Crippen LogP contribution in [0.3, 0.4) is 0 Å². The first kappa shape index (κ1) is 20.1. The van der Waals surface area contributed by atoms with Gasteiger partial charge in [-0.05, 0) is 46.6 Å². The molecule has 6 nitrogen and oxygen atoms in total. The summed E-state index contributed by atoms with van der Waals surface area (Å²) in [7, 11) is 0. The van der Waals surface area contributed by atoms with E-state index in [1.165, 1.54) is 6.92 Å². The summed E-state index contributed by atoms with van der Waals surface area (Å²) in [6, 6.07) is 9.36. The molecule has 1 unspecified atom stereocenters. The fraction of sp³-hybridized carbons (Fsp3) is 0.550. The van der Waals surface area contributed by atoms with Crippen molar-refractivity contribution in [1.82, 2.24) is 10.4 Å². The zero-order chi connectivity index (χ0) is 19.8. The van der Waals surface area contributed by atoms with Crippen LogP contribution in [0.2, 0.25) is 0 Å². The Labute approximate surface area is 154 Å². The number of carbonyl (C=O) groups is 3. The monoisotopic (exact) mass is 360 g/mol. The van der Waals surface area contributed by atoms with Crippen LogP contribution in [0.5, 0.6) is 0 Å². The molecule has 26 heavy (non-hydrogen) atoms. The molecule has 1 aromatic rings. The number of hydroxylamine groups is 1. The first-order chi connectivity index (χ1) is 12.0. The van der Waals surface area contributed by atoms with Gasteiger partial charge < -0.3 is 4.90 Å². The minimum atomic E-state index is -1.03. The van der Waals surface area contributed by atoms with Crippen molar-refractivity contribution in [3.05, 3.63) is 35.9 Å². The van der Waals surface area contributed by atoms with E-state index in [0.29, 0.717) is 13.0 Å². The van der Waals surface area contributed by atoms with Crippen molar-refractivity contribution < 1.29 is 19.6 Å². The van der Waals surface area contributed by atoms with Gasteiger partial charge in [-0.2, -0.15) is 0 Å². The van der Waals surface area contributed by atoms with Gasteiger partial charge in [0, 0.05) is 13.0 Å². The smallest absolute Gasteiger partial charge is 0.251 e. The standard InChI is InChI=1S/C20H28N2O4/c1-14(23)13-20(15-9-7-6-8-10-15)11-12-22(17(20)25)19(4,5)18(2,3)16(24)21-26/h6-10,26H,11-13H2,1-5H3,(H,21,24). The summed E-state index contributed by atoms with van der Waals surface area (Å²) in [5.74, 6) is -0.754. The first-order valence-electron chi connectivity index (χ1n) is 8.82. The number of hydrogen-bond donors (Lipinski definition) is 2. The third kappa shape index (κ3) is 3.03. The largest absolute Gasteiger partial charge is 0.336 e. The Morgan fingerprint density at radius 3 is 2.27 bits per heavy atom. The molecule has 0 saturated carbocycles. The maximum absolute atomic E-state index is 13.5. The van der Waals surface area contributed by atoms with Gasteiger partial charge in [0.2, 0.25) is 5.91 Å². The average molecular weight is 360 g/mol. The Morgan fingerprint density at radius 2 is 1.77 bits per heavy atom. The van der Waals surface area contributed by atoms with Crippen LogP contribution in [0.1, 0.15) is 53.0 Å². The van der Waals surface area contributed by atoms with Crippen molar-refractivity contribution in [2.45, 2.75) is 58.4 Å². The van der Waals surface area contributed by atoms with E-state index >= 15 is 0 Å². The van der Waals surface area contributed by atoms with Gasteiger partial charge in [-0.3, -0.25) is 19.6 Å². The fourth-order valence-corrected chi connectivity index (χ4v) is 3.77. The highest BCUT2D eigenvalue weighted by atomic mass is 16.5. The molecule has 0 bridgehead atoms. The molecule has 1 atom stereocenters. The molecule has 2 rings (SSSR count). The molecule has 1 saturated heterocycles. The number of likely N-dealkylation sites (tertiary alicyclic amines) is 1. The molecule has 6 heteroatoms. The van der Waals surface area contributed by atoms with Crippen molar-refractivity contribution in [3.8, 4) is 0 Å². The van der Waals surface area contributed by atoms with Crippen molar-refractivity contribution in [2.75, 3.05) is 6.54 Å². The molecule has 0 aromatic heterocycles. The lowest BCUT2D eigenvalue weighted by Gasteiger charge is -2.47. The molecule has 0 radical (unpaired) electrons.